The van der Waals surface area contributed by atoms with Crippen LogP contribution < -0.4 is 10.1 Å². The van der Waals surface area contributed by atoms with Crippen LogP contribution in [-0.2, 0) is 0 Å². The summed E-state index contributed by atoms with van der Waals surface area (Å²) in [5, 5.41) is 19.1. The van der Waals surface area contributed by atoms with Crippen molar-refractivity contribution in [2.75, 3.05) is 12.4 Å². The average Bonchev–Trinajstić information content (AvgIpc) is 3.32. The van der Waals surface area contributed by atoms with E-state index in [2.05, 4.69) is 21.4 Å². The lowest BCUT2D eigenvalue weighted by Gasteiger charge is -2.26. The van der Waals surface area contributed by atoms with Gasteiger partial charge in [0.15, 0.2) is 5.65 Å². The zero-order chi connectivity index (χ0) is 19.1. The van der Waals surface area contributed by atoms with Gasteiger partial charge in [0.05, 0.1) is 25.1 Å². The molecule has 0 radical (unpaired) electrons. The summed E-state index contributed by atoms with van der Waals surface area (Å²) in [6.07, 6.45) is 5.28. The second kappa shape index (κ2) is 6.83. The highest BCUT2D eigenvalue weighted by atomic mass is 16.5. The van der Waals surface area contributed by atoms with Gasteiger partial charge in [-0.05, 0) is 56.0 Å². The maximum absolute atomic E-state index is 9.69. The molecule has 0 atom stereocenters. The van der Waals surface area contributed by atoms with Crippen molar-refractivity contribution >= 4 is 22.4 Å². The first-order valence-corrected chi connectivity index (χ1v) is 9.66. The number of aliphatic hydroxyl groups is 1. The molecule has 1 aliphatic rings. The molecule has 7 nitrogen and oxygen atoms in total. The number of anilines is 1. The lowest BCUT2D eigenvalue weighted by Crippen LogP contribution is -2.28. The molecule has 0 spiro atoms. The number of aromatic nitrogens is 4. The number of methoxy groups -OCH3 is 1. The van der Waals surface area contributed by atoms with E-state index in [9.17, 15) is 5.11 Å². The van der Waals surface area contributed by atoms with Crippen molar-refractivity contribution in [2.45, 2.75) is 37.8 Å². The van der Waals surface area contributed by atoms with Crippen LogP contribution in [0, 0.1) is 0 Å². The molecule has 1 aromatic carbocycles. The number of fused-ring (bicyclic) bond motifs is 2. The van der Waals surface area contributed by atoms with Crippen LogP contribution >= 0.6 is 0 Å². The van der Waals surface area contributed by atoms with Crippen molar-refractivity contribution < 1.29 is 9.84 Å². The zero-order valence-corrected chi connectivity index (χ0v) is 15.7. The molecule has 0 amide bonds. The Morgan fingerprint density at radius 3 is 2.82 bits per heavy atom. The Morgan fingerprint density at radius 2 is 2.00 bits per heavy atom. The van der Waals surface area contributed by atoms with E-state index in [1.807, 2.05) is 41.0 Å². The summed E-state index contributed by atoms with van der Waals surface area (Å²) < 4.78 is 7.18. The number of rotatable bonds is 4. The predicted octanol–water partition coefficient (Wildman–Crippen LogP) is 3.60. The van der Waals surface area contributed by atoms with E-state index in [1.54, 1.807) is 7.11 Å². The molecule has 1 saturated carbocycles. The van der Waals surface area contributed by atoms with Crippen LogP contribution in [0.4, 0.5) is 5.82 Å². The third kappa shape index (κ3) is 3.07. The predicted molar refractivity (Wildman–Crippen MR) is 109 cm³/mol. The van der Waals surface area contributed by atoms with E-state index in [-0.39, 0.29) is 6.10 Å². The summed E-state index contributed by atoms with van der Waals surface area (Å²) >= 11 is 0. The number of H-pyrrole nitrogens is 1. The number of aromatic amines is 1. The van der Waals surface area contributed by atoms with Crippen LogP contribution in [0.25, 0.3) is 27.9 Å². The van der Waals surface area contributed by atoms with Crippen molar-refractivity contribution in [3.05, 3.63) is 42.6 Å². The first-order chi connectivity index (χ1) is 13.7. The third-order valence-electron chi connectivity index (χ3n) is 5.52. The van der Waals surface area contributed by atoms with E-state index < -0.39 is 0 Å². The number of imidazole rings is 1. The van der Waals surface area contributed by atoms with E-state index >= 15 is 0 Å². The van der Waals surface area contributed by atoms with Gasteiger partial charge in [-0.15, -0.1) is 5.10 Å². The Kier molecular flexibility index (Phi) is 4.16. The minimum Gasteiger partial charge on any atom is -0.497 e. The van der Waals surface area contributed by atoms with Gasteiger partial charge in [0.25, 0.3) is 0 Å². The van der Waals surface area contributed by atoms with E-state index in [1.165, 1.54) is 0 Å². The van der Waals surface area contributed by atoms with Gasteiger partial charge in [-0.2, -0.15) is 0 Å². The van der Waals surface area contributed by atoms with Gasteiger partial charge in [0.1, 0.15) is 17.3 Å². The second-order valence-electron chi connectivity index (χ2n) is 7.42. The quantitative estimate of drug-likeness (QED) is 0.506. The fraction of sp³-hybridized carbons (Fsp3) is 0.333. The molecule has 28 heavy (non-hydrogen) atoms. The molecule has 0 unspecified atom stereocenters. The monoisotopic (exact) mass is 377 g/mol. The SMILES string of the molecule is COc1ccc2cc(-c3cnc4ccc(N[C@H]5CC[C@H](O)CC5)nn34)[nH]c2c1. The van der Waals surface area contributed by atoms with Crippen molar-refractivity contribution in [3.63, 3.8) is 0 Å². The second-order valence-corrected chi connectivity index (χ2v) is 7.42. The number of benzene rings is 1. The molecular weight excluding hydrogens is 354 g/mol. The van der Waals surface area contributed by atoms with Gasteiger partial charge in [-0.3, -0.25) is 0 Å². The zero-order valence-electron chi connectivity index (χ0n) is 15.7. The van der Waals surface area contributed by atoms with E-state index in [0.717, 1.165) is 65.2 Å². The standard InChI is InChI=1S/C21H23N5O2/c1-28-16-7-2-13-10-18(24-17(13)11-16)19-12-22-21-9-8-20(25-26(19)21)23-14-3-5-15(27)6-4-14/h2,7-12,14-15,24,27H,3-6H2,1H3,(H,23,25)/t14-,15-. The summed E-state index contributed by atoms with van der Waals surface area (Å²) in [7, 11) is 1.67. The highest BCUT2D eigenvalue weighted by Crippen LogP contribution is 2.28. The maximum Gasteiger partial charge on any atom is 0.154 e. The molecular formula is C21H23N5O2. The minimum atomic E-state index is -0.158. The minimum absolute atomic E-state index is 0.158. The molecule has 0 bridgehead atoms. The smallest absolute Gasteiger partial charge is 0.154 e. The molecule has 144 valence electrons. The topological polar surface area (TPSA) is 87.5 Å². The molecule has 3 heterocycles. The van der Waals surface area contributed by atoms with E-state index in [4.69, 9.17) is 9.84 Å². The summed E-state index contributed by atoms with van der Waals surface area (Å²) in [6.45, 7) is 0. The van der Waals surface area contributed by atoms with Gasteiger partial charge < -0.3 is 20.1 Å². The maximum atomic E-state index is 9.69. The molecule has 4 aromatic rings. The number of nitrogens with zero attached hydrogens (tertiary/aromatic N) is 3. The molecule has 1 aliphatic carbocycles. The first-order valence-electron chi connectivity index (χ1n) is 9.66. The Hall–Kier alpha value is -3.06. The van der Waals surface area contributed by atoms with Gasteiger partial charge in [-0.1, -0.05) is 0 Å². The summed E-state index contributed by atoms with van der Waals surface area (Å²) in [6, 6.07) is 12.4. The average molecular weight is 377 g/mol. The van der Waals surface area contributed by atoms with Crippen LogP contribution in [0.5, 0.6) is 5.75 Å². The first kappa shape index (κ1) is 17.1. The van der Waals surface area contributed by atoms with Crippen molar-refractivity contribution in [2.24, 2.45) is 0 Å². The lowest BCUT2D eigenvalue weighted by atomic mass is 9.93. The van der Waals surface area contributed by atoms with Gasteiger partial charge in [-0.25, -0.2) is 9.50 Å². The summed E-state index contributed by atoms with van der Waals surface area (Å²) in [4.78, 5) is 7.93. The molecule has 1 fully saturated rings. The van der Waals surface area contributed by atoms with Crippen molar-refractivity contribution in [3.8, 4) is 17.1 Å². The largest absolute Gasteiger partial charge is 0.497 e. The Labute approximate surface area is 162 Å². The Balaban J connectivity index is 1.48. The highest BCUT2D eigenvalue weighted by Gasteiger charge is 2.20. The van der Waals surface area contributed by atoms with Crippen molar-refractivity contribution in [1.29, 1.82) is 0 Å². The number of nitrogens with one attached hydrogen (secondary N) is 2. The van der Waals surface area contributed by atoms with Gasteiger partial charge >= 0.3 is 0 Å². The van der Waals surface area contributed by atoms with Crippen LogP contribution in [0.1, 0.15) is 25.7 Å². The van der Waals surface area contributed by atoms with Gasteiger partial charge in [0.2, 0.25) is 0 Å². The molecule has 3 N–H and O–H groups in total. The fourth-order valence-electron chi connectivity index (χ4n) is 3.93. The molecule has 0 aliphatic heterocycles. The Bertz CT molecular complexity index is 1120. The number of hydrogen-bond donors (Lipinski definition) is 3. The lowest BCUT2D eigenvalue weighted by molar-refractivity contribution is 0.126. The van der Waals surface area contributed by atoms with Crippen LogP contribution in [-0.4, -0.2) is 43.9 Å². The summed E-state index contributed by atoms with van der Waals surface area (Å²) in [5.74, 6) is 1.65. The van der Waals surface area contributed by atoms with Crippen molar-refractivity contribution in [1.82, 2.24) is 19.6 Å². The fourth-order valence-corrected chi connectivity index (χ4v) is 3.93. The molecule has 3 aromatic heterocycles. The van der Waals surface area contributed by atoms with Crippen LogP contribution in [0.3, 0.4) is 0 Å². The Morgan fingerprint density at radius 1 is 1.14 bits per heavy atom. The number of hydrogen-bond acceptors (Lipinski definition) is 5. The van der Waals surface area contributed by atoms with Crippen LogP contribution in [0.15, 0.2) is 42.6 Å². The van der Waals surface area contributed by atoms with Gasteiger partial charge in [0, 0.05) is 23.0 Å². The third-order valence-corrected chi connectivity index (χ3v) is 5.52. The number of ether oxygens (including phenoxy) is 1. The molecule has 7 heteroatoms. The molecule has 5 rings (SSSR count). The number of aliphatic hydroxyl groups excluding tert-OH is 1. The van der Waals surface area contributed by atoms with Crippen LogP contribution in [0.2, 0.25) is 0 Å². The van der Waals surface area contributed by atoms with E-state index in [0.29, 0.717) is 6.04 Å². The summed E-state index contributed by atoms with van der Waals surface area (Å²) in [5.41, 5.74) is 3.68. The normalized spacial score (nSPS) is 19.9. The molecule has 0 saturated heterocycles. The highest BCUT2D eigenvalue weighted by molar-refractivity contribution is 5.86.